The highest BCUT2D eigenvalue weighted by Crippen LogP contribution is 2.44. The summed E-state index contributed by atoms with van der Waals surface area (Å²) in [5, 5.41) is 1.11. The molecular weight excluding hydrogens is 372 g/mol. The summed E-state index contributed by atoms with van der Waals surface area (Å²) in [4.78, 5) is 30.1. The number of fused-ring (bicyclic) bond motifs is 1. The number of thiazole rings is 1. The zero-order valence-corrected chi connectivity index (χ0v) is 18.4. The van der Waals surface area contributed by atoms with Crippen LogP contribution in [0.25, 0.3) is 10.3 Å². The van der Waals surface area contributed by atoms with E-state index in [1.54, 1.807) is 11.3 Å². The standard InChI is InChI=1S/C21H30N4O2S/c1-13-22-16(19(26)25-10-11-27-12-21(25,4)5)15-18(23-13)28-17(24-15)14-6-8-20(2,3)9-7-14/h14H,6-12H2,1-5H3. The van der Waals surface area contributed by atoms with Crippen molar-refractivity contribution in [3.63, 3.8) is 0 Å². The minimum Gasteiger partial charge on any atom is -0.377 e. The molecule has 152 valence electrons. The average molecular weight is 403 g/mol. The fourth-order valence-electron chi connectivity index (χ4n) is 4.28. The van der Waals surface area contributed by atoms with Crippen molar-refractivity contribution < 1.29 is 9.53 Å². The molecule has 6 nitrogen and oxygen atoms in total. The number of carbonyl (C=O) groups is 1. The monoisotopic (exact) mass is 402 g/mol. The van der Waals surface area contributed by atoms with Crippen LogP contribution in [-0.2, 0) is 4.74 Å². The number of hydrogen-bond donors (Lipinski definition) is 0. The first kappa shape index (κ1) is 19.7. The maximum Gasteiger partial charge on any atom is 0.275 e. The van der Waals surface area contributed by atoms with Gasteiger partial charge in [-0.3, -0.25) is 4.79 Å². The number of carbonyl (C=O) groups excluding carboxylic acids is 1. The first-order valence-corrected chi connectivity index (χ1v) is 11.0. The Hall–Kier alpha value is -1.60. The summed E-state index contributed by atoms with van der Waals surface area (Å²) in [6.07, 6.45) is 4.73. The van der Waals surface area contributed by atoms with Crippen LogP contribution < -0.4 is 0 Å². The molecule has 1 aliphatic carbocycles. The molecule has 2 aromatic rings. The van der Waals surface area contributed by atoms with E-state index >= 15 is 0 Å². The van der Waals surface area contributed by atoms with Crippen LogP contribution in [-0.4, -0.2) is 51.1 Å². The largest absolute Gasteiger partial charge is 0.377 e. The van der Waals surface area contributed by atoms with Gasteiger partial charge in [-0.25, -0.2) is 15.0 Å². The molecule has 1 aliphatic heterocycles. The summed E-state index contributed by atoms with van der Waals surface area (Å²) in [5.74, 6) is 1.03. The smallest absolute Gasteiger partial charge is 0.275 e. The van der Waals surface area contributed by atoms with Gasteiger partial charge in [-0.15, -0.1) is 0 Å². The van der Waals surface area contributed by atoms with Crippen LogP contribution in [0, 0.1) is 12.3 Å². The minimum atomic E-state index is -0.353. The summed E-state index contributed by atoms with van der Waals surface area (Å²) in [6.45, 7) is 12.3. The summed E-state index contributed by atoms with van der Waals surface area (Å²) in [6, 6.07) is 0. The van der Waals surface area contributed by atoms with Gasteiger partial charge in [0.1, 0.15) is 16.2 Å². The lowest BCUT2D eigenvalue weighted by Gasteiger charge is -2.41. The van der Waals surface area contributed by atoms with E-state index in [0.29, 0.717) is 48.1 Å². The molecule has 0 radical (unpaired) electrons. The molecule has 0 unspecified atom stereocenters. The first-order chi connectivity index (χ1) is 13.2. The van der Waals surface area contributed by atoms with Gasteiger partial charge in [-0.05, 0) is 51.9 Å². The molecule has 1 saturated heterocycles. The second-order valence-electron chi connectivity index (χ2n) is 9.59. The quantitative estimate of drug-likeness (QED) is 0.748. The van der Waals surface area contributed by atoms with Crippen molar-refractivity contribution in [3.8, 4) is 0 Å². The second kappa shape index (κ2) is 7.02. The van der Waals surface area contributed by atoms with E-state index in [4.69, 9.17) is 9.72 Å². The van der Waals surface area contributed by atoms with E-state index in [2.05, 4.69) is 23.8 Å². The molecule has 1 amide bonds. The SMILES string of the molecule is Cc1nc(C(=O)N2CCOCC2(C)C)c2nc(C3CCC(C)(C)CC3)sc2n1. The van der Waals surface area contributed by atoms with Crippen molar-refractivity contribution >= 4 is 27.6 Å². The summed E-state index contributed by atoms with van der Waals surface area (Å²) in [5.41, 5.74) is 1.18. The van der Waals surface area contributed by atoms with Gasteiger partial charge in [0, 0.05) is 12.5 Å². The maximum atomic E-state index is 13.4. The number of morpholine rings is 1. The molecule has 0 atom stereocenters. The zero-order valence-electron chi connectivity index (χ0n) is 17.5. The maximum absolute atomic E-state index is 13.4. The molecule has 0 aromatic carbocycles. The van der Waals surface area contributed by atoms with Gasteiger partial charge in [-0.2, -0.15) is 0 Å². The molecule has 0 N–H and O–H groups in total. The van der Waals surface area contributed by atoms with Crippen molar-refractivity contribution in [1.82, 2.24) is 19.9 Å². The van der Waals surface area contributed by atoms with Crippen LogP contribution in [0.5, 0.6) is 0 Å². The van der Waals surface area contributed by atoms with Gasteiger partial charge < -0.3 is 9.64 Å². The van der Waals surface area contributed by atoms with Crippen LogP contribution in [0.3, 0.4) is 0 Å². The van der Waals surface area contributed by atoms with E-state index in [0.717, 1.165) is 22.7 Å². The Kier molecular flexibility index (Phi) is 4.94. The average Bonchev–Trinajstić information content (AvgIpc) is 3.03. The Labute approximate surface area is 170 Å². The molecule has 28 heavy (non-hydrogen) atoms. The number of aryl methyl sites for hydroxylation is 1. The lowest BCUT2D eigenvalue weighted by atomic mass is 9.73. The zero-order chi connectivity index (χ0) is 20.1. The van der Waals surface area contributed by atoms with Crippen LogP contribution in [0.4, 0.5) is 0 Å². The van der Waals surface area contributed by atoms with Gasteiger partial charge in [0.2, 0.25) is 0 Å². The summed E-state index contributed by atoms with van der Waals surface area (Å²) >= 11 is 1.64. The van der Waals surface area contributed by atoms with Crippen molar-refractivity contribution in [2.75, 3.05) is 19.8 Å². The predicted octanol–water partition coefficient (Wildman–Crippen LogP) is 4.33. The van der Waals surface area contributed by atoms with Gasteiger partial charge in [0.15, 0.2) is 5.69 Å². The van der Waals surface area contributed by atoms with Gasteiger partial charge in [-0.1, -0.05) is 25.2 Å². The van der Waals surface area contributed by atoms with Crippen LogP contribution in [0.1, 0.15) is 80.6 Å². The minimum absolute atomic E-state index is 0.0644. The molecule has 0 bridgehead atoms. The fraction of sp³-hybridized carbons (Fsp3) is 0.714. The number of ether oxygens (including phenoxy) is 1. The van der Waals surface area contributed by atoms with Crippen LogP contribution in [0.2, 0.25) is 0 Å². The topological polar surface area (TPSA) is 68.2 Å². The molecule has 2 fully saturated rings. The highest BCUT2D eigenvalue weighted by molar-refractivity contribution is 7.18. The molecule has 4 rings (SSSR count). The Morgan fingerprint density at radius 2 is 1.86 bits per heavy atom. The first-order valence-electron chi connectivity index (χ1n) is 10.2. The lowest BCUT2D eigenvalue weighted by Crippen LogP contribution is -2.55. The van der Waals surface area contributed by atoms with Crippen molar-refractivity contribution in [2.45, 2.75) is 71.8 Å². The highest BCUT2D eigenvalue weighted by Gasteiger charge is 2.37. The van der Waals surface area contributed by atoms with Gasteiger partial charge in [0.05, 0.1) is 23.8 Å². The van der Waals surface area contributed by atoms with E-state index in [1.165, 1.54) is 12.8 Å². The highest BCUT2D eigenvalue weighted by atomic mass is 32.1. The summed E-state index contributed by atoms with van der Waals surface area (Å²) < 4.78 is 5.57. The summed E-state index contributed by atoms with van der Waals surface area (Å²) in [7, 11) is 0. The number of hydrogen-bond acceptors (Lipinski definition) is 6. The third-order valence-corrected chi connectivity index (χ3v) is 7.28. The third kappa shape index (κ3) is 3.66. The number of amides is 1. The number of nitrogens with zero attached hydrogens (tertiary/aromatic N) is 4. The Bertz CT molecular complexity index is 895. The van der Waals surface area contributed by atoms with Crippen molar-refractivity contribution in [2.24, 2.45) is 5.41 Å². The number of aromatic nitrogens is 3. The van der Waals surface area contributed by atoms with Gasteiger partial charge >= 0.3 is 0 Å². The van der Waals surface area contributed by atoms with E-state index < -0.39 is 0 Å². The Morgan fingerprint density at radius 1 is 1.14 bits per heavy atom. The van der Waals surface area contributed by atoms with E-state index in [-0.39, 0.29) is 11.4 Å². The van der Waals surface area contributed by atoms with E-state index in [9.17, 15) is 4.79 Å². The van der Waals surface area contributed by atoms with E-state index in [1.807, 2.05) is 25.7 Å². The molecule has 7 heteroatoms. The molecule has 2 aliphatic rings. The molecule has 3 heterocycles. The predicted molar refractivity (Wildman–Crippen MR) is 111 cm³/mol. The van der Waals surface area contributed by atoms with Crippen molar-refractivity contribution in [3.05, 3.63) is 16.5 Å². The Morgan fingerprint density at radius 3 is 2.54 bits per heavy atom. The van der Waals surface area contributed by atoms with Gasteiger partial charge in [0.25, 0.3) is 5.91 Å². The third-order valence-electron chi connectivity index (χ3n) is 6.17. The fourth-order valence-corrected chi connectivity index (χ4v) is 5.43. The lowest BCUT2D eigenvalue weighted by molar-refractivity contribution is -0.0372. The molecule has 2 aromatic heterocycles. The number of rotatable bonds is 2. The van der Waals surface area contributed by atoms with Crippen LogP contribution >= 0.6 is 11.3 Å². The second-order valence-corrected chi connectivity index (χ2v) is 10.6. The molecular formula is C21H30N4O2S. The van der Waals surface area contributed by atoms with Crippen molar-refractivity contribution in [1.29, 1.82) is 0 Å². The molecule has 1 saturated carbocycles. The van der Waals surface area contributed by atoms with Crippen LogP contribution in [0.15, 0.2) is 0 Å². The Balaban J connectivity index is 1.69. The normalized spacial score (nSPS) is 22.5. The molecule has 0 spiro atoms.